The van der Waals surface area contributed by atoms with Crippen molar-refractivity contribution in [1.29, 1.82) is 0 Å². The van der Waals surface area contributed by atoms with Crippen LogP contribution in [0.5, 0.6) is 0 Å². The predicted octanol–water partition coefficient (Wildman–Crippen LogP) is 1.81. The molecule has 2 aromatic heterocycles. The quantitative estimate of drug-likeness (QED) is 0.395. The van der Waals surface area contributed by atoms with Crippen LogP contribution in [-0.2, 0) is 12.8 Å². The molecule has 0 aliphatic carbocycles. The van der Waals surface area contributed by atoms with Gasteiger partial charge in [0.25, 0.3) is 0 Å². The van der Waals surface area contributed by atoms with Crippen LogP contribution in [0.3, 0.4) is 0 Å². The zero-order valence-corrected chi connectivity index (χ0v) is 13.6. The second-order valence-electron chi connectivity index (χ2n) is 5.58. The first kappa shape index (κ1) is 16.0. The van der Waals surface area contributed by atoms with Crippen LogP contribution >= 0.6 is 0 Å². The molecule has 1 aromatic carbocycles. The predicted molar refractivity (Wildman–Crippen MR) is 95.9 cm³/mol. The van der Waals surface area contributed by atoms with Gasteiger partial charge in [-0.25, -0.2) is 0 Å². The SMILES string of the molecule is NC(=NCCCc1nnc2ccccn12)NCCc1ccccc1. The van der Waals surface area contributed by atoms with Crippen LogP contribution in [0.25, 0.3) is 5.65 Å². The Kier molecular flexibility index (Phi) is 5.40. The molecule has 0 atom stereocenters. The number of aryl methyl sites for hydroxylation is 1. The van der Waals surface area contributed by atoms with E-state index in [1.54, 1.807) is 0 Å². The van der Waals surface area contributed by atoms with E-state index >= 15 is 0 Å². The number of aromatic nitrogens is 3. The highest BCUT2D eigenvalue weighted by Crippen LogP contribution is 2.05. The van der Waals surface area contributed by atoms with Gasteiger partial charge in [0.05, 0.1) is 0 Å². The number of pyridine rings is 1. The molecule has 6 nitrogen and oxygen atoms in total. The lowest BCUT2D eigenvalue weighted by molar-refractivity contribution is 0.762. The molecule has 0 bridgehead atoms. The summed E-state index contributed by atoms with van der Waals surface area (Å²) in [4.78, 5) is 4.36. The Morgan fingerprint density at radius 3 is 2.75 bits per heavy atom. The summed E-state index contributed by atoms with van der Waals surface area (Å²) in [6, 6.07) is 16.2. The Balaban J connectivity index is 1.39. The third-order valence-corrected chi connectivity index (χ3v) is 3.79. The molecule has 0 saturated heterocycles. The summed E-state index contributed by atoms with van der Waals surface area (Å²) in [5.74, 6) is 1.45. The molecule has 124 valence electrons. The van der Waals surface area contributed by atoms with Gasteiger partial charge in [0, 0.05) is 25.7 Å². The summed E-state index contributed by atoms with van der Waals surface area (Å²) in [5.41, 5.74) is 8.06. The summed E-state index contributed by atoms with van der Waals surface area (Å²) in [7, 11) is 0. The summed E-state index contributed by atoms with van der Waals surface area (Å²) in [6.45, 7) is 1.46. The largest absolute Gasteiger partial charge is 0.370 e. The number of nitrogens with two attached hydrogens (primary N) is 1. The molecule has 0 aliphatic heterocycles. The summed E-state index contributed by atoms with van der Waals surface area (Å²) < 4.78 is 2.01. The molecular weight excluding hydrogens is 300 g/mol. The van der Waals surface area contributed by atoms with Gasteiger partial charge in [-0.3, -0.25) is 9.39 Å². The molecule has 2 heterocycles. The van der Waals surface area contributed by atoms with Crippen molar-refractivity contribution >= 4 is 11.6 Å². The van der Waals surface area contributed by atoms with Gasteiger partial charge in [0.2, 0.25) is 0 Å². The molecule has 3 rings (SSSR count). The second-order valence-corrected chi connectivity index (χ2v) is 5.58. The van der Waals surface area contributed by atoms with Crippen LogP contribution in [-0.4, -0.2) is 33.6 Å². The molecule has 3 aromatic rings. The number of fused-ring (bicyclic) bond motifs is 1. The third kappa shape index (κ3) is 4.32. The van der Waals surface area contributed by atoms with Gasteiger partial charge >= 0.3 is 0 Å². The van der Waals surface area contributed by atoms with E-state index in [-0.39, 0.29) is 0 Å². The molecule has 3 N–H and O–H groups in total. The first-order valence-corrected chi connectivity index (χ1v) is 8.19. The van der Waals surface area contributed by atoms with Crippen molar-refractivity contribution in [1.82, 2.24) is 19.9 Å². The standard InChI is InChI=1S/C18H22N6/c19-18(21-13-11-15-7-2-1-3-8-15)20-12-6-10-17-23-22-16-9-4-5-14-24(16)17/h1-5,7-9,14H,6,10-13H2,(H3,19,20,21). The fourth-order valence-corrected chi connectivity index (χ4v) is 2.53. The van der Waals surface area contributed by atoms with E-state index in [9.17, 15) is 0 Å². The molecule has 24 heavy (non-hydrogen) atoms. The highest BCUT2D eigenvalue weighted by Gasteiger charge is 2.03. The lowest BCUT2D eigenvalue weighted by atomic mass is 10.1. The van der Waals surface area contributed by atoms with Gasteiger partial charge in [0.1, 0.15) is 5.82 Å². The first-order chi connectivity index (χ1) is 11.8. The van der Waals surface area contributed by atoms with E-state index in [1.807, 2.05) is 47.0 Å². The maximum atomic E-state index is 5.89. The monoisotopic (exact) mass is 322 g/mol. The minimum atomic E-state index is 0.497. The van der Waals surface area contributed by atoms with E-state index in [2.05, 4.69) is 32.6 Å². The van der Waals surface area contributed by atoms with Crippen LogP contribution in [0.4, 0.5) is 0 Å². The molecule has 6 heteroatoms. The van der Waals surface area contributed by atoms with Gasteiger partial charge in [0.15, 0.2) is 11.6 Å². The number of rotatable bonds is 7. The number of nitrogens with one attached hydrogen (secondary N) is 1. The van der Waals surface area contributed by atoms with Crippen molar-refractivity contribution in [3.63, 3.8) is 0 Å². The van der Waals surface area contributed by atoms with E-state index in [0.29, 0.717) is 12.5 Å². The van der Waals surface area contributed by atoms with Crippen LogP contribution in [0.1, 0.15) is 17.8 Å². The average molecular weight is 322 g/mol. The van der Waals surface area contributed by atoms with Crippen molar-refractivity contribution in [3.8, 4) is 0 Å². The summed E-state index contributed by atoms with van der Waals surface area (Å²) in [5, 5.41) is 11.5. The Morgan fingerprint density at radius 1 is 1.04 bits per heavy atom. The zero-order valence-electron chi connectivity index (χ0n) is 13.6. The summed E-state index contributed by atoms with van der Waals surface area (Å²) in [6.07, 6.45) is 4.62. The maximum Gasteiger partial charge on any atom is 0.188 e. The number of hydrogen-bond acceptors (Lipinski definition) is 3. The number of aliphatic imine (C=N–C) groups is 1. The van der Waals surface area contributed by atoms with Gasteiger partial charge in [-0.05, 0) is 30.5 Å². The van der Waals surface area contributed by atoms with Crippen LogP contribution < -0.4 is 11.1 Å². The van der Waals surface area contributed by atoms with Crippen LogP contribution in [0.2, 0.25) is 0 Å². The molecule has 0 unspecified atom stereocenters. The highest BCUT2D eigenvalue weighted by atomic mass is 15.2. The summed E-state index contributed by atoms with van der Waals surface area (Å²) >= 11 is 0. The number of nitrogens with zero attached hydrogens (tertiary/aromatic N) is 4. The van der Waals surface area contributed by atoms with Gasteiger partial charge < -0.3 is 11.1 Å². The van der Waals surface area contributed by atoms with Crippen molar-refractivity contribution in [2.24, 2.45) is 10.7 Å². The third-order valence-electron chi connectivity index (χ3n) is 3.79. The first-order valence-electron chi connectivity index (χ1n) is 8.19. The van der Waals surface area contributed by atoms with Crippen LogP contribution in [0.15, 0.2) is 59.7 Å². The lowest BCUT2D eigenvalue weighted by Crippen LogP contribution is -2.33. The second kappa shape index (κ2) is 8.10. The van der Waals surface area contributed by atoms with Crippen molar-refractivity contribution in [2.75, 3.05) is 13.1 Å². The zero-order chi connectivity index (χ0) is 16.6. The molecule has 0 saturated carbocycles. The van der Waals surface area contributed by atoms with Gasteiger partial charge in [-0.15, -0.1) is 10.2 Å². The Morgan fingerprint density at radius 2 is 1.88 bits per heavy atom. The Bertz CT molecular complexity index is 793. The smallest absolute Gasteiger partial charge is 0.188 e. The Labute approximate surface area is 141 Å². The lowest BCUT2D eigenvalue weighted by Gasteiger charge is -2.05. The van der Waals surface area contributed by atoms with Crippen molar-refractivity contribution in [3.05, 3.63) is 66.1 Å². The van der Waals surface area contributed by atoms with Crippen LogP contribution in [0, 0.1) is 0 Å². The topological polar surface area (TPSA) is 80.6 Å². The molecule has 0 fully saturated rings. The number of hydrogen-bond donors (Lipinski definition) is 2. The minimum absolute atomic E-state index is 0.497. The van der Waals surface area contributed by atoms with Gasteiger partial charge in [-0.1, -0.05) is 36.4 Å². The molecule has 0 amide bonds. The molecule has 0 aliphatic rings. The van der Waals surface area contributed by atoms with Crippen molar-refractivity contribution < 1.29 is 0 Å². The van der Waals surface area contributed by atoms with Gasteiger partial charge in [-0.2, -0.15) is 0 Å². The van der Waals surface area contributed by atoms with E-state index < -0.39 is 0 Å². The average Bonchev–Trinajstić information content (AvgIpc) is 3.03. The Hall–Kier alpha value is -2.89. The number of guanidine groups is 1. The fourth-order valence-electron chi connectivity index (χ4n) is 2.53. The van der Waals surface area contributed by atoms with E-state index in [0.717, 1.165) is 37.3 Å². The fraction of sp³-hybridized carbons (Fsp3) is 0.278. The minimum Gasteiger partial charge on any atom is -0.370 e. The van der Waals surface area contributed by atoms with E-state index in [4.69, 9.17) is 5.73 Å². The molecule has 0 spiro atoms. The molecular formula is C18H22N6. The number of benzene rings is 1. The van der Waals surface area contributed by atoms with Crippen molar-refractivity contribution in [2.45, 2.75) is 19.3 Å². The maximum absolute atomic E-state index is 5.89. The normalized spacial score (nSPS) is 11.8. The molecule has 0 radical (unpaired) electrons. The highest BCUT2D eigenvalue weighted by molar-refractivity contribution is 5.77. The van der Waals surface area contributed by atoms with E-state index in [1.165, 1.54) is 5.56 Å².